The molecule has 1 aliphatic heterocycles. The van der Waals surface area contributed by atoms with Crippen LogP contribution in [0.3, 0.4) is 0 Å². The fraction of sp³-hybridized carbons (Fsp3) is 0.533. The molecule has 0 aromatic carbocycles. The zero-order chi connectivity index (χ0) is 15.0. The molecule has 3 amide bonds. The van der Waals surface area contributed by atoms with Gasteiger partial charge in [-0.1, -0.05) is 12.8 Å². The number of ketones is 1. The predicted molar refractivity (Wildman–Crippen MR) is 73.3 cm³/mol. The topological polar surface area (TPSA) is 79.6 Å². The number of furan rings is 1. The molecule has 6 heteroatoms. The summed E-state index contributed by atoms with van der Waals surface area (Å²) < 4.78 is 5.25. The maximum Gasteiger partial charge on any atom is 0.325 e. The van der Waals surface area contributed by atoms with E-state index in [1.165, 1.54) is 6.26 Å². The Hall–Kier alpha value is -2.11. The lowest BCUT2D eigenvalue weighted by atomic mass is 9.98. The molecule has 2 fully saturated rings. The number of hydrogen-bond donors (Lipinski definition) is 1. The number of rotatable bonds is 4. The number of nitrogens with zero attached hydrogens (tertiary/aromatic N) is 1. The summed E-state index contributed by atoms with van der Waals surface area (Å²) in [5, 5.41) is 2.62. The Morgan fingerprint density at radius 2 is 2.14 bits per heavy atom. The van der Waals surface area contributed by atoms with Gasteiger partial charge in [0, 0.05) is 5.92 Å². The zero-order valence-electron chi connectivity index (χ0n) is 11.9. The molecule has 0 radical (unpaired) electrons. The van der Waals surface area contributed by atoms with E-state index in [-0.39, 0.29) is 18.2 Å². The molecule has 1 atom stereocenters. The molecule has 0 bridgehead atoms. The third kappa shape index (κ3) is 2.24. The number of imide groups is 1. The molecular formula is C15H18N2O4. The lowest BCUT2D eigenvalue weighted by Gasteiger charge is -2.19. The van der Waals surface area contributed by atoms with Crippen LogP contribution in [0.1, 0.15) is 38.4 Å². The van der Waals surface area contributed by atoms with Crippen molar-refractivity contribution in [2.75, 3.05) is 6.54 Å². The standard InChI is InChI=1S/C15H18N2O4/c1-15(12-7-4-8-21-12)13(19)17(14(20)16-15)9-11(18)10-5-2-3-6-10/h4,7-8,10H,2-3,5-6,9H2,1H3,(H,16,20). The van der Waals surface area contributed by atoms with Gasteiger partial charge in [-0.2, -0.15) is 0 Å². The maximum absolute atomic E-state index is 12.5. The van der Waals surface area contributed by atoms with Gasteiger partial charge < -0.3 is 9.73 Å². The van der Waals surface area contributed by atoms with Crippen LogP contribution in [0, 0.1) is 5.92 Å². The van der Waals surface area contributed by atoms with Crippen LogP contribution in [0.15, 0.2) is 22.8 Å². The van der Waals surface area contributed by atoms with Gasteiger partial charge in [0.05, 0.1) is 12.8 Å². The van der Waals surface area contributed by atoms with Gasteiger partial charge in [-0.15, -0.1) is 0 Å². The van der Waals surface area contributed by atoms with E-state index in [0.29, 0.717) is 5.76 Å². The summed E-state index contributed by atoms with van der Waals surface area (Å²) in [6.45, 7) is 1.44. The second-order valence-corrected chi connectivity index (χ2v) is 5.87. The first-order valence-electron chi connectivity index (χ1n) is 7.23. The van der Waals surface area contributed by atoms with Crippen LogP contribution in [-0.4, -0.2) is 29.2 Å². The van der Waals surface area contributed by atoms with Crippen molar-refractivity contribution in [1.29, 1.82) is 0 Å². The summed E-state index contributed by atoms with van der Waals surface area (Å²) >= 11 is 0. The van der Waals surface area contributed by atoms with Crippen LogP contribution in [0.25, 0.3) is 0 Å². The minimum Gasteiger partial charge on any atom is -0.466 e. The highest BCUT2D eigenvalue weighted by Crippen LogP contribution is 2.30. The van der Waals surface area contributed by atoms with Gasteiger partial charge in [0.1, 0.15) is 5.76 Å². The molecule has 0 spiro atoms. The quantitative estimate of drug-likeness (QED) is 0.858. The number of carbonyl (C=O) groups is 3. The zero-order valence-corrected chi connectivity index (χ0v) is 11.9. The number of Topliss-reactive ketones (excluding diaryl/α,β-unsaturated/α-hetero) is 1. The summed E-state index contributed by atoms with van der Waals surface area (Å²) in [5.74, 6) is -0.105. The molecule has 2 heterocycles. The van der Waals surface area contributed by atoms with Gasteiger partial charge in [-0.05, 0) is 31.9 Å². The molecule has 1 saturated carbocycles. The summed E-state index contributed by atoms with van der Waals surface area (Å²) in [6, 6.07) is 2.76. The van der Waals surface area contributed by atoms with Gasteiger partial charge >= 0.3 is 6.03 Å². The third-order valence-electron chi connectivity index (χ3n) is 4.41. The van der Waals surface area contributed by atoms with E-state index in [1.807, 2.05) is 0 Å². The molecule has 3 rings (SSSR count). The smallest absolute Gasteiger partial charge is 0.325 e. The Morgan fingerprint density at radius 3 is 2.76 bits per heavy atom. The highest BCUT2D eigenvalue weighted by molar-refractivity contribution is 6.09. The van der Waals surface area contributed by atoms with Crippen LogP contribution < -0.4 is 5.32 Å². The van der Waals surface area contributed by atoms with Crippen LogP contribution in [0.4, 0.5) is 4.79 Å². The van der Waals surface area contributed by atoms with Gasteiger partial charge in [0.2, 0.25) is 0 Å². The first kappa shape index (κ1) is 13.9. The molecule has 2 aliphatic rings. The van der Waals surface area contributed by atoms with Crippen molar-refractivity contribution in [3.05, 3.63) is 24.2 Å². The molecule has 1 saturated heterocycles. The SMILES string of the molecule is CC1(c2ccco2)NC(=O)N(CC(=O)C2CCCC2)C1=O. The van der Waals surface area contributed by atoms with E-state index in [1.54, 1.807) is 19.1 Å². The second-order valence-electron chi connectivity index (χ2n) is 5.87. The highest BCUT2D eigenvalue weighted by Gasteiger charge is 2.51. The van der Waals surface area contributed by atoms with Crippen molar-refractivity contribution < 1.29 is 18.8 Å². The lowest BCUT2D eigenvalue weighted by Crippen LogP contribution is -2.41. The Labute approximate surface area is 122 Å². The number of carbonyl (C=O) groups excluding carboxylic acids is 3. The van der Waals surface area contributed by atoms with Gasteiger partial charge in [-0.25, -0.2) is 4.79 Å². The Morgan fingerprint density at radius 1 is 1.43 bits per heavy atom. The Bertz CT molecular complexity index is 575. The van der Waals surface area contributed by atoms with Crippen molar-refractivity contribution >= 4 is 17.7 Å². The number of urea groups is 1. The predicted octanol–water partition coefficient (Wildman–Crippen LogP) is 1.81. The van der Waals surface area contributed by atoms with Gasteiger partial charge in [-0.3, -0.25) is 14.5 Å². The Kier molecular flexibility index (Phi) is 3.31. The van der Waals surface area contributed by atoms with E-state index >= 15 is 0 Å². The molecule has 112 valence electrons. The molecule has 1 aliphatic carbocycles. The summed E-state index contributed by atoms with van der Waals surface area (Å²) in [4.78, 5) is 37.8. The first-order valence-corrected chi connectivity index (χ1v) is 7.23. The minimum atomic E-state index is -1.23. The van der Waals surface area contributed by atoms with Crippen LogP contribution in [0.2, 0.25) is 0 Å². The molecule has 6 nitrogen and oxygen atoms in total. The molecule has 1 N–H and O–H groups in total. The fourth-order valence-corrected chi connectivity index (χ4v) is 3.10. The monoisotopic (exact) mass is 290 g/mol. The minimum absolute atomic E-state index is 0.0129. The number of hydrogen-bond acceptors (Lipinski definition) is 4. The largest absolute Gasteiger partial charge is 0.466 e. The first-order chi connectivity index (χ1) is 10.0. The average molecular weight is 290 g/mol. The van der Waals surface area contributed by atoms with E-state index in [0.717, 1.165) is 30.6 Å². The highest BCUT2D eigenvalue weighted by atomic mass is 16.3. The van der Waals surface area contributed by atoms with Crippen molar-refractivity contribution in [2.45, 2.75) is 38.1 Å². The Balaban J connectivity index is 1.76. The molecule has 21 heavy (non-hydrogen) atoms. The number of nitrogens with one attached hydrogen (secondary N) is 1. The van der Waals surface area contributed by atoms with E-state index in [9.17, 15) is 14.4 Å². The van der Waals surface area contributed by atoms with E-state index in [4.69, 9.17) is 4.42 Å². The van der Waals surface area contributed by atoms with Gasteiger partial charge in [0.15, 0.2) is 11.3 Å². The van der Waals surface area contributed by atoms with Crippen LogP contribution >= 0.6 is 0 Å². The normalized spacial score (nSPS) is 26.4. The van der Waals surface area contributed by atoms with Crippen molar-refractivity contribution in [3.8, 4) is 0 Å². The van der Waals surface area contributed by atoms with Crippen molar-refractivity contribution in [2.24, 2.45) is 5.92 Å². The molecular weight excluding hydrogens is 272 g/mol. The van der Waals surface area contributed by atoms with Crippen LogP contribution in [0.5, 0.6) is 0 Å². The van der Waals surface area contributed by atoms with Crippen molar-refractivity contribution in [3.63, 3.8) is 0 Å². The lowest BCUT2D eigenvalue weighted by molar-refractivity contribution is -0.135. The summed E-state index contributed by atoms with van der Waals surface area (Å²) in [7, 11) is 0. The fourth-order valence-electron chi connectivity index (χ4n) is 3.10. The van der Waals surface area contributed by atoms with Crippen molar-refractivity contribution in [1.82, 2.24) is 10.2 Å². The van der Waals surface area contributed by atoms with E-state index < -0.39 is 17.5 Å². The van der Waals surface area contributed by atoms with Gasteiger partial charge in [0.25, 0.3) is 5.91 Å². The molecule has 1 aromatic rings. The maximum atomic E-state index is 12.5. The average Bonchev–Trinajstić information content (AvgIpc) is 3.17. The summed E-state index contributed by atoms with van der Waals surface area (Å²) in [6.07, 6.45) is 5.25. The number of amides is 3. The van der Waals surface area contributed by atoms with E-state index in [2.05, 4.69) is 5.32 Å². The summed E-state index contributed by atoms with van der Waals surface area (Å²) in [5.41, 5.74) is -1.23. The third-order valence-corrected chi connectivity index (χ3v) is 4.41. The molecule has 1 aromatic heterocycles. The molecule has 1 unspecified atom stereocenters. The van der Waals surface area contributed by atoms with Crippen LogP contribution in [-0.2, 0) is 15.1 Å². The second kappa shape index (κ2) is 5.02.